The van der Waals surface area contributed by atoms with Gasteiger partial charge in [-0.25, -0.2) is 4.79 Å². The lowest BCUT2D eigenvalue weighted by Gasteiger charge is -2.50. The van der Waals surface area contributed by atoms with Crippen LogP contribution in [-0.4, -0.2) is 29.5 Å². The standard InChI is InChI=1S/C23H29NO2/c1-17(2)24-16-18(3)23(15-19(24)4,21-13-9-6-10-14-21)26-22(25)20-11-7-5-8-12-20/h5-14,17-19H,15-16H2,1-4H3/t18-,19+,23-/m0/s1. The van der Waals surface area contributed by atoms with Crippen LogP contribution in [0.3, 0.4) is 0 Å². The van der Waals surface area contributed by atoms with E-state index in [-0.39, 0.29) is 11.9 Å². The first-order valence-electron chi connectivity index (χ1n) is 9.53. The summed E-state index contributed by atoms with van der Waals surface area (Å²) in [5.41, 5.74) is 1.10. The molecule has 0 amide bonds. The van der Waals surface area contributed by atoms with Gasteiger partial charge in [0.25, 0.3) is 0 Å². The maximum Gasteiger partial charge on any atom is 0.339 e. The van der Waals surface area contributed by atoms with E-state index in [0.29, 0.717) is 17.6 Å². The van der Waals surface area contributed by atoms with Crippen LogP contribution >= 0.6 is 0 Å². The molecule has 0 unspecified atom stereocenters. The molecule has 1 fully saturated rings. The summed E-state index contributed by atoms with van der Waals surface area (Å²) in [4.78, 5) is 15.4. The number of ether oxygens (including phenoxy) is 1. The van der Waals surface area contributed by atoms with Crippen LogP contribution in [-0.2, 0) is 10.3 Å². The van der Waals surface area contributed by atoms with Crippen molar-refractivity contribution < 1.29 is 9.53 Å². The zero-order valence-corrected chi connectivity index (χ0v) is 16.2. The molecular formula is C23H29NO2. The van der Waals surface area contributed by atoms with Crippen LogP contribution in [0, 0.1) is 5.92 Å². The van der Waals surface area contributed by atoms with E-state index in [0.717, 1.165) is 18.5 Å². The molecule has 3 rings (SSSR count). The van der Waals surface area contributed by atoms with Gasteiger partial charge in [0, 0.05) is 31.0 Å². The first-order valence-corrected chi connectivity index (χ1v) is 9.53. The summed E-state index contributed by atoms with van der Waals surface area (Å²) in [5.74, 6) is -0.0392. The molecule has 3 atom stereocenters. The maximum absolute atomic E-state index is 12.9. The third-order valence-electron chi connectivity index (χ3n) is 5.66. The Morgan fingerprint density at radius 3 is 2.19 bits per heavy atom. The van der Waals surface area contributed by atoms with Crippen LogP contribution in [0.2, 0.25) is 0 Å². The van der Waals surface area contributed by atoms with E-state index in [1.807, 2.05) is 48.5 Å². The highest BCUT2D eigenvalue weighted by atomic mass is 16.6. The molecular weight excluding hydrogens is 322 g/mol. The number of carbonyl (C=O) groups excluding carboxylic acids is 1. The Hall–Kier alpha value is -2.13. The van der Waals surface area contributed by atoms with Crippen molar-refractivity contribution >= 4 is 5.97 Å². The molecule has 2 aromatic carbocycles. The van der Waals surface area contributed by atoms with Crippen molar-refractivity contribution in [3.63, 3.8) is 0 Å². The van der Waals surface area contributed by atoms with Gasteiger partial charge in [-0.1, -0.05) is 55.5 Å². The fraction of sp³-hybridized carbons (Fsp3) is 0.435. The van der Waals surface area contributed by atoms with Crippen molar-refractivity contribution in [1.29, 1.82) is 0 Å². The normalized spacial score (nSPS) is 26.7. The quantitative estimate of drug-likeness (QED) is 0.736. The van der Waals surface area contributed by atoms with Gasteiger partial charge < -0.3 is 4.74 Å². The lowest BCUT2D eigenvalue weighted by molar-refractivity contribution is -0.109. The fourth-order valence-electron chi connectivity index (χ4n) is 4.24. The van der Waals surface area contributed by atoms with E-state index >= 15 is 0 Å². The molecule has 0 saturated carbocycles. The van der Waals surface area contributed by atoms with E-state index in [1.54, 1.807) is 0 Å². The number of carbonyl (C=O) groups is 1. The van der Waals surface area contributed by atoms with Crippen molar-refractivity contribution in [3.05, 3.63) is 71.8 Å². The van der Waals surface area contributed by atoms with E-state index in [9.17, 15) is 4.79 Å². The second-order valence-electron chi connectivity index (χ2n) is 7.76. The van der Waals surface area contributed by atoms with Crippen LogP contribution in [0.25, 0.3) is 0 Å². The van der Waals surface area contributed by atoms with E-state index in [1.165, 1.54) is 0 Å². The van der Waals surface area contributed by atoms with E-state index < -0.39 is 5.60 Å². The maximum atomic E-state index is 12.9. The third kappa shape index (κ3) is 3.54. The average molecular weight is 351 g/mol. The minimum Gasteiger partial charge on any atom is -0.450 e. The van der Waals surface area contributed by atoms with Gasteiger partial charge in [-0.2, -0.15) is 0 Å². The van der Waals surface area contributed by atoms with Crippen LogP contribution in [0.5, 0.6) is 0 Å². The van der Waals surface area contributed by atoms with Gasteiger partial charge >= 0.3 is 5.97 Å². The molecule has 0 bridgehead atoms. The third-order valence-corrected chi connectivity index (χ3v) is 5.66. The summed E-state index contributed by atoms with van der Waals surface area (Å²) in [6.45, 7) is 9.81. The summed E-state index contributed by atoms with van der Waals surface area (Å²) in [5, 5.41) is 0. The summed E-state index contributed by atoms with van der Waals surface area (Å²) < 4.78 is 6.30. The summed E-state index contributed by atoms with van der Waals surface area (Å²) >= 11 is 0. The molecule has 1 aliphatic rings. The molecule has 138 valence electrons. The average Bonchev–Trinajstić information content (AvgIpc) is 2.65. The SMILES string of the molecule is CC(C)N1C[C@H](C)[C@](OC(=O)c2ccccc2)(c2ccccc2)C[C@H]1C. The van der Waals surface area contributed by atoms with Gasteiger partial charge in [0.15, 0.2) is 0 Å². The number of esters is 1. The van der Waals surface area contributed by atoms with E-state index in [4.69, 9.17) is 4.74 Å². The van der Waals surface area contributed by atoms with Crippen molar-refractivity contribution in [2.24, 2.45) is 5.92 Å². The number of rotatable bonds is 4. The molecule has 1 saturated heterocycles. The predicted molar refractivity (Wildman–Crippen MR) is 105 cm³/mol. The molecule has 3 nitrogen and oxygen atoms in total. The van der Waals surface area contributed by atoms with Crippen LogP contribution in [0.1, 0.15) is 50.0 Å². The molecule has 1 aliphatic heterocycles. The van der Waals surface area contributed by atoms with E-state index in [2.05, 4.69) is 44.7 Å². The number of benzene rings is 2. The first-order chi connectivity index (χ1) is 12.4. The monoisotopic (exact) mass is 351 g/mol. The van der Waals surface area contributed by atoms with Crippen LogP contribution in [0.15, 0.2) is 60.7 Å². The molecule has 0 radical (unpaired) electrons. The molecule has 2 aromatic rings. The zero-order valence-electron chi connectivity index (χ0n) is 16.2. The van der Waals surface area contributed by atoms with Gasteiger partial charge in [-0.15, -0.1) is 0 Å². The Balaban J connectivity index is 1.97. The molecule has 0 N–H and O–H groups in total. The first kappa shape index (κ1) is 18.7. The highest BCUT2D eigenvalue weighted by Crippen LogP contribution is 2.44. The van der Waals surface area contributed by atoms with Gasteiger partial charge in [0.1, 0.15) is 5.60 Å². The Labute approximate surface area is 157 Å². The van der Waals surface area contributed by atoms with Gasteiger partial charge in [-0.3, -0.25) is 4.90 Å². The van der Waals surface area contributed by atoms with Gasteiger partial charge in [-0.05, 0) is 38.5 Å². The Kier molecular flexibility index (Phi) is 5.47. The van der Waals surface area contributed by atoms with Crippen molar-refractivity contribution in [3.8, 4) is 0 Å². The van der Waals surface area contributed by atoms with Crippen LogP contribution in [0.4, 0.5) is 0 Å². The van der Waals surface area contributed by atoms with Crippen molar-refractivity contribution in [1.82, 2.24) is 4.90 Å². The largest absolute Gasteiger partial charge is 0.450 e. The number of nitrogens with zero attached hydrogens (tertiary/aromatic N) is 1. The molecule has 3 heteroatoms. The molecule has 26 heavy (non-hydrogen) atoms. The smallest absolute Gasteiger partial charge is 0.339 e. The fourth-order valence-corrected chi connectivity index (χ4v) is 4.24. The molecule has 0 spiro atoms. The lowest BCUT2D eigenvalue weighted by atomic mass is 9.73. The zero-order chi connectivity index (χ0) is 18.7. The predicted octanol–water partition coefficient (Wildman–Crippen LogP) is 4.88. The molecule has 0 aromatic heterocycles. The highest BCUT2D eigenvalue weighted by Gasteiger charge is 2.48. The highest BCUT2D eigenvalue weighted by molar-refractivity contribution is 5.89. The topological polar surface area (TPSA) is 29.5 Å². The minimum absolute atomic E-state index is 0.205. The van der Waals surface area contributed by atoms with Crippen molar-refractivity contribution in [2.45, 2.75) is 51.8 Å². The number of piperidine rings is 1. The van der Waals surface area contributed by atoms with Crippen molar-refractivity contribution in [2.75, 3.05) is 6.54 Å². The number of likely N-dealkylation sites (tertiary alicyclic amines) is 1. The summed E-state index contributed by atoms with van der Waals surface area (Å²) in [6, 6.07) is 20.4. The number of hydrogen-bond donors (Lipinski definition) is 0. The Morgan fingerprint density at radius 1 is 1.04 bits per heavy atom. The molecule has 1 heterocycles. The molecule has 0 aliphatic carbocycles. The summed E-state index contributed by atoms with van der Waals surface area (Å²) in [6.07, 6.45) is 0.801. The van der Waals surface area contributed by atoms with Crippen LogP contribution < -0.4 is 0 Å². The second kappa shape index (κ2) is 7.63. The lowest BCUT2D eigenvalue weighted by Crippen LogP contribution is -2.56. The minimum atomic E-state index is -0.598. The van der Waals surface area contributed by atoms with Gasteiger partial charge in [0.05, 0.1) is 5.56 Å². The van der Waals surface area contributed by atoms with Gasteiger partial charge in [0.2, 0.25) is 0 Å². The Bertz CT molecular complexity index is 728. The Morgan fingerprint density at radius 2 is 1.62 bits per heavy atom. The summed E-state index contributed by atoms with van der Waals surface area (Å²) in [7, 11) is 0. The second-order valence-corrected chi connectivity index (χ2v) is 7.76. The number of hydrogen-bond acceptors (Lipinski definition) is 3.